The average Bonchev–Trinajstić information content (AvgIpc) is 3.22. The van der Waals surface area contributed by atoms with E-state index in [9.17, 15) is 22.8 Å². The van der Waals surface area contributed by atoms with Crippen molar-refractivity contribution in [1.29, 1.82) is 0 Å². The number of hydrogen-bond acceptors (Lipinski definition) is 4. The highest BCUT2D eigenvalue weighted by molar-refractivity contribution is 6.32. The number of halogens is 4. The Kier molecular flexibility index (Phi) is 4.66. The summed E-state index contributed by atoms with van der Waals surface area (Å²) in [7, 11) is 1.53. The third-order valence-corrected chi connectivity index (χ3v) is 4.56. The van der Waals surface area contributed by atoms with Crippen LogP contribution in [-0.4, -0.2) is 31.4 Å². The summed E-state index contributed by atoms with van der Waals surface area (Å²) in [5.74, 6) is -1.70. The average molecular weight is 405 g/mol. The van der Waals surface area contributed by atoms with Gasteiger partial charge >= 0.3 is 6.18 Å². The van der Waals surface area contributed by atoms with Crippen molar-refractivity contribution in [2.24, 2.45) is 12.8 Å². The van der Waals surface area contributed by atoms with Gasteiger partial charge < -0.3 is 11.1 Å². The Morgan fingerprint density at radius 2 is 2.00 bits per heavy atom. The molecule has 3 rings (SSSR count). The van der Waals surface area contributed by atoms with Gasteiger partial charge in [-0.15, -0.1) is 0 Å². The van der Waals surface area contributed by atoms with E-state index in [2.05, 4.69) is 15.5 Å². The van der Waals surface area contributed by atoms with Gasteiger partial charge in [0.15, 0.2) is 11.4 Å². The second kappa shape index (κ2) is 6.55. The largest absolute Gasteiger partial charge is 0.436 e. The van der Waals surface area contributed by atoms with Crippen LogP contribution < -0.4 is 11.1 Å². The zero-order chi connectivity index (χ0) is 20.1. The van der Waals surface area contributed by atoms with Crippen molar-refractivity contribution < 1.29 is 22.8 Å². The first-order chi connectivity index (χ1) is 12.5. The van der Waals surface area contributed by atoms with Gasteiger partial charge in [0.25, 0.3) is 5.91 Å². The number of carbonyl (C=O) groups excluding carboxylic acids is 2. The number of carbonyl (C=O) groups is 2. The minimum atomic E-state index is -4.73. The van der Waals surface area contributed by atoms with E-state index in [0.29, 0.717) is 12.8 Å². The van der Waals surface area contributed by atoms with E-state index < -0.39 is 34.7 Å². The van der Waals surface area contributed by atoms with Crippen molar-refractivity contribution in [2.75, 3.05) is 5.32 Å². The summed E-state index contributed by atoms with van der Waals surface area (Å²) in [5, 5.41) is 9.36. The summed E-state index contributed by atoms with van der Waals surface area (Å²) in [6, 6.07) is -1.10. The van der Waals surface area contributed by atoms with Crippen LogP contribution in [-0.2, 0) is 18.0 Å². The van der Waals surface area contributed by atoms with Gasteiger partial charge in [0, 0.05) is 19.2 Å². The normalized spacial score (nSPS) is 15.6. The molecule has 8 nitrogen and oxygen atoms in total. The number of amides is 2. The molecule has 2 aromatic heterocycles. The van der Waals surface area contributed by atoms with E-state index in [0.717, 1.165) is 4.68 Å². The Labute approximate surface area is 156 Å². The number of rotatable bonds is 5. The van der Waals surface area contributed by atoms with Gasteiger partial charge in [-0.05, 0) is 19.8 Å². The first-order valence-corrected chi connectivity index (χ1v) is 8.38. The minimum Gasteiger partial charge on any atom is -0.364 e. The molecule has 0 spiro atoms. The molecule has 1 aliphatic carbocycles. The molecule has 0 aromatic carbocycles. The van der Waals surface area contributed by atoms with Gasteiger partial charge in [0.2, 0.25) is 5.91 Å². The number of nitrogens with zero attached hydrogens (tertiary/aromatic N) is 4. The van der Waals surface area contributed by atoms with E-state index in [1.54, 1.807) is 0 Å². The number of nitrogens with one attached hydrogen (secondary N) is 1. The molecule has 0 bridgehead atoms. The van der Waals surface area contributed by atoms with Gasteiger partial charge in [-0.1, -0.05) is 11.6 Å². The van der Waals surface area contributed by atoms with Crippen molar-refractivity contribution in [1.82, 2.24) is 19.6 Å². The molecular formula is C15H16ClF3N6O2. The molecule has 0 unspecified atom stereocenters. The summed E-state index contributed by atoms with van der Waals surface area (Å²) in [6.07, 6.45) is -2.02. The van der Waals surface area contributed by atoms with Crippen molar-refractivity contribution in [3.63, 3.8) is 0 Å². The molecular weight excluding hydrogens is 389 g/mol. The zero-order valence-electron chi connectivity index (χ0n) is 14.3. The van der Waals surface area contributed by atoms with E-state index in [4.69, 9.17) is 17.3 Å². The molecule has 1 atom stereocenters. The molecule has 12 heteroatoms. The quantitative estimate of drug-likeness (QED) is 0.797. The van der Waals surface area contributed by atoms with E-state index in [-0.39, 0.29) is 23.0 Å². The van der Waals surface area contributed by atoms with Crippen LogP contribution >= 0.6 is 11.6 Å². The standard InChI is InChI=1S/C15H16ClF3N6O2/c1-6(14(27)21-8-5-24(2)22-10(8)13(20)26)25-11(7-3-4-7)9(16)12(23-25)15(17,18)19/h5-7H,3-4H2,1-2H3,(H2,20,26)(H,21,27)/t6-/m1/s1. The fraction of sp³-hybridized carbons (Fsp3) is 0.467. The maximum Gasteiger partial charge on any atom is 0.436 e. The Morgan fingerprint density at radius 3 is 2.52 bits per heavy atom. The fourth-order valence-electron chi connectivity index (χ4n) is 2.74. The number of alkyl halides is 3. The summed E-state index contributed by atoms with van der Waals surface area (Å²) in [5.41, 5.74) is 4.08. The SMILES string of the molecule is C[C@H](C(=O)Nc1cn(C)nc1C(N)=O)n1nc(C(F)(F)F)c(Cl)c1C1CC1. The minimum absolute atomic E-state index is 0.0594. The van der Waals surface area contributed by atoms with Crippen LogP contribution in [0.1, 0.15) is 53.6 Å². The molecule has 0 aliphatic heterocycles. The zero-order valence-corrected chi connectivity index (χ0v) is 15.1. The van der Waals surface area contributed by atoms with E-state index in [1.807, 2.05) is 0 Å². The number of aryl methyl sites for hydroxylation is 1. The summed E-state index contributed by atoms with van der Waals surface area (Å²) in [4.78, 5) is 24.0. The lowest BCUT2D eigenvalue weighted by Crippen LogP contribution is -2.27. The van der Waals surface area contributed by atoms with Crippen molar-refractivity contribution in [3.05, 3.63) is 28.3 Å². The van der Waals surface area contributed by atoms with Crippen LogP contribution in [0.15, 0.2) is 6.20 Å². The fourth-order valence-corrected chi connectivity index (χ4v) is 3.12. The van der Waals surface area contributed by atoms with Gasteiger partial charge in [0.05, 0.1) is 16.4 Å². The lowest BCUT2D eigenvalue weighted by molar-refractivity contribution is -0.141. The van der Waals surface area contributed by atoms with Crippen molar-refractivity contribution in [2.45, 2.75) is 37.9 Å². The highest BCUT2D eigenvalue weighted by Gasteiger charge is 2.43. The molecule has 2 heterocycles. The smallest absolute Gasteiger partial charge is 0.364 e. The summed E-state index contributed by atoms with van der Waals surface area (Å²) >= 11 is 5.92. The molecule has 1 saturated carbocycles. The maximum atomic E-state index is 13.2. The predicted molar refractivity (Wildman–Crippen MR) is 89.3 cm³/mol. The first kappa shape index (κ1) is 19.2. The van der Waals surface area contributed by atoms with Gasteiger partial charge in [-0.2, -0.15) is 23.4 Å². The van der Waals surface area contributed by atoms with Crippen LogP contribution in [0.3, 0.4) is 0 Å². The third-order valence-electron chi connectivity index (χ3n) is 4.19. The number of nitrogens with two attached hydrogens (primary N) is 1. The molecule has 146 valence electrons. The Morgan fingerprint density at radius 1 is 1.37 bits per heavy atom. The molecule has 27 heavy (non-hydrogen) atoms. The number of primary amides is 1. The van der Waals surface area contributed by atoms with Gasteiger partial charge in [-0.25, -0.2) is 0 Å². The van der Waals surface area contributed by atoms with Crippen LogP contribution in [0.5, 0.6) is 0 Å². The lowest BCUT2D eigenvalue weighted by atomic mass is 10.2. The third kappa shape index (κ3) is 3.64. The predicted octanol–water partition coefficient (Wildman–Crippen LogP) is 2.46. The summed E-state index contributed by atoms with van der Waals surface area (Å²) < 4.78 is 41.8. The molecule has 1 fully saturated rings. The number of hydrogen-bond donors (Lipinski definition) is 2. The first-order valence-electron chi connectivity index (χ1n) is 8.00. The van der Waals surface area contributed by atoms with Crippen LogP contribution in [0.4, 0.5) is 18.9 Å². The number of aromatic nitrogens is 4. The Hall–Kier alpha value is -2.56. The highest BCUT2D eigenvalue weighted by Crippen LogP contribution is 2.47. The maximum absolute atomic E-state index is 13.2. The van der Waals surface area contributed by atoms with Crippen molar-refractivity contribution in [3.8, 4) is 0 Å². The van der Waals surface area contributed by atoms with Crippen molar-refractivity contribution >= 4 is 29.1 Å². The molecule has 3 N–H and O–H groups in total. The molecule has 2 aromatic rings. The number of anilines is 1. The topological polar surface area (TPSA) is 108 Å². The summed E-state index contributed by atoms with van der Waals surface area (Å²) in [6.45, 7) is 1.39. The highest BCUT2D eigenvalue weighted by atomic mass is 35.5. The second-order valence-corrected chi connectivity index (χ2v) is 6.74. The van der Waals surface area contributed by atoms with Crippen LogP contribution in [0, 0.1) is 0 Å². The molecule has 0 radical (unpaired) electrons. The Balaban J connectivity index is 1.93. The van der Waals surface area contributed by atoms with E-state index in [1.165, 1.54) is 24.9 Å². The van der Waals surface area contributed by atoms with Crippen LogP contribution in [0.2, 0.25) is 5.02 Å². The van der Waals surface area contributed by atoms with Gasteiger partial charge in [-0.3, -0.25) is 19.0 Å². The van der Waals surface area contributed by atoms with Crippen LogP contribution in [0.25, 0.3) is 0 Å². The van der Waals surface area contributed by atoms with E-state index >= 15 is 0 Å². The molecule has 2 amide bonds. The van der Waals surface area contributed by atoms with Gasteiger partial charge in [0.1, 0.15) is 6.04 Å². The molecule has 1 aliphatic rings. The Bertz CT molecular complexity index is 916. The molecule has 0 saturated heterocycles. The monoisotopic (exact) mass is 404 g/mol. The lowest BCUT2D eigenvalue weighted by Gasteiger charge is -2.15. The second-order valence-electron chi connectivity index (χ2n) is 6.36.